The van der Waals surface area contributed by atoms with Gasteiger partial charge >= 0.3 is 0 Å². The van der Waals surface area contributed by atoms with E-state index < -0.39 is 0 Å². The molecule has 0 atom stereocenters. The summed E-state index contributed by atoms with van der Waals surface area (Å²) in [7, 11) is 1.80. The van der Waals surface area contributed by atoms with E-state index in [2.05, 4.69) is 5.32 Å². The van der Waals surface area contributed by atoms with Crippen LogP contribution in [-0.2, 0) is 9.47 Å². The average Bonchev–Trinajstić information content (AvgIpc) is 2.62. The molecule has 3 aliphatic rings. The standard InChI is InChI=1S/C12H21NO2/c1-14-10-6-12(7-10)9-13-8-11(15-12)4-2-3-5-11/h10,13H,2-9H2,1H3. The summed E-state index contributed by atoms with van der Waals surface area (Å²) in [4.78, 5) is 0. The summed E-state index contributed by atoms with van der Waals surface area (Å²) in [6.07, 6.45) is 7.77. The van der Waals surface area contributed by atoms with Crippen LogP contribution in [-0.4, -0.2) is 37.5 Å². The van der Waals surface area contributed by atoms with Crippen LogP contribution in [0.2, 0.25) is 0 Å². The minimum atomic E-state index is 0.114. The topological polar surface area (TPSA) is 30.5 Å². The average molecular weight is 211 g/mol. The summed E-state index contributed by atoms with van der Waals surface area (Å²) in [5.41, 5.74) is 0.292. The highest BCUT2D eigenvalue weighted by atomic mass is 16.5. The van der Waals surface area contributed by atoms with Crippen molar-refractivity contribution in [3.05, 3.63) is 0 Å². The summed E-state index contributed by atoms with van der Waals surface area (Å²) in [5, 5.41) is 3.57. The van der Waals surface area contributed by atoms with Crippen molar-refractivity contribution < 1.29 is 9.47 Å². The molecule has 15 heavy (non-hydrogen) atoms. The van der Waals surface area contributed by atoms with E-state index in [-0.39, 0.29) is 11.2 Å². The predicted octanol–water partition coefficient (Wildman–Crippen LogP) is 1.47. The first-order valence-electron chi connectivity index (χ1n) is 6.20. The fourth-order valence-corrected chi connectivity index (χ4v) is 3.51. The zero-order chi connectivity index (χ0) is 10.4. The highest BCUT2D eigenvalue weighted by molar-refractivity contribution is 5.06. The van der Waals surface area contributed by atoms with Crippen LogP contribution in [0.5, 0.6) is 0 Å². The van der Waals surface area contributed by atoms with Gasteiger partial charge in [0.2, 0.25) is 0 Å². The van der Waals surface area contributed by atoms with Crippen LogP contribution in [0.15, 0.2) is 0 Å². The summed E-state index contributed by atoms with van der Waals surface area (Å²) in [5.74, 6) is 0. The third-order valence-corrected chi connectivity index (χ3v) is 4.37. The number of rotatable bonds is 1. The number of ether oxygens (including phenoxy) is 2. The molecule has 3 heteroatoms. The van der Waals surface area contributed by atoms with Gasteiger partial charge in [-0.2, -0.15) is 0 Å². The van der Waals surface area contributed by atoms with E-state index in [0.717, 1.165) is 25.9 Å². The van der Waals surface area contributed by atoms with Crippen molar-refractivity contribution in [3.63, 3.8) is 0 Å². The summed E-state index contributed by atoms with van der Waals surface area (Å²) in [6.45, 7) is 2.08. The monoisotopic (exact) mass is 211 g/mol. The number of morpholine rings is 1. The first-order valence-corrected chi connectivity index (χ1v) is 6.20. The molecule has 0 radical (unpaired) electrons. The molecule has 3 nitrogen and oxygen atoms in total. The van der Waals surface area contributed by atoms with Crippen molar-refractivity contribution in [3.8, 4) is 0 Å². The van der Waals surface area contributed by atoms with Gasteiger partial charge in [-0.3, -0.25) is 0 Å². The maximum atomic E-state index is 6.45. The molecule has 1 aliphatic heterocycles. The van der Waals surface area contributed by atoms with Crippen molar-refractivity contribution >= 4 is 0 Å². The Hall–Kier alpha value is -0.120. The summed E-state index contributed by atoms with van der Waals surface area (Å²) in [6, 6.07) is 0. The van der Waals surface area contributed by atoms with Gasteiger partial charge in [-0.05, 0) is 12.8 Å². The summed E-state index contributed by atoms with van der Waals surface area (Å²) < 4.78 is 11.8. The zero-order valence-corrected chi connectivity index (χ0v) is 9.55. The fraction of sp³-hybridized carbons (Fsp3) is 1.00. The second-order valence-electron chi connectivity index (χ2n) is 5.54. The lowest BCUT2D eigenvalue weighted by Gasteiger charge is -2.54. The molecule has 2 aliphatic carbocycles. The fourth-order valence-electron chi connectivity index (χ4n) is 3.51. The molecule has 1 heterocycles. The third-order valence-electron chi connectivity index (χ3n) is 4.37. The van der Waals surface area contributed by atoms with Crippen LogP contribution < -0.4 is 5.32 Å². The number of methoxy groups -OCH3 is 1. The van der Waals surface area contributed by atoms with Crippen molar-refractivity contribution in [1.29, 1.82) is 0 Å². The minimum Gasteiger partial charge on any atom is -0.381 e. The Morgan fingerprint density at radius 1 is 1.13 bits per heavy atom. The molecule has 1 saturated heterocycles. The van der Waals surface area contributed by atoms with E-state index in [1.54, 1.807) is 7.11 Å². The van der Waals surface area contributed by atoms with Gasteiger partial charge in [0.05, 0.1) is 17.3 Å². The lowest BCUT2D eigenvalue weighted by atomic mass is 9.75. The summed E-state index contributed by atoms with van der Waals surface area (Å²) >= 11 is 0. The van der Waals surface area contributed by atoms with Crippen molar-refractivity contribution in [1.82, 2.24) is 5.32 Å². The van der Waals surface area contributed by atoms with Gasteiger partial charge in [0.25, 0.3) is 0 Å². The highest BCUT2D eigenvalue weighted by Crippen LogP contribution is 2.46. The molecule has 3 fully saturated rings. The van der Waals surface area contributed by atoms with Crippen molar-refractivity contribution in [2.75, 3.05) is 20.2 Å². The van der Waals surface area contributed by atoms with E-state index >= 15 is 0 Å². The Morgan fingerprint density at radius 2 is 1.80 bits per heavy atom. The van der Waals surface area contributed by atoms with Crippen LogP contribution in [0.25, 0.3) is 0 Å². The molecule has 3 rings (SSSR count). The Bertz CT molecular complexity index is 242. The number of hydrogen-bond donors (Lipinski definition) is 1. The molecular weight excluding hydrogens is 190 g/mol. The van der Waals surface area contributed by atoms with Crippen LogP contribution in [0.3, 0.4) is 0 Å². The number of hydrogen-bond acceptors (Lipinski definition) is 3. The molecule has 0 bridgehead atoms. The smallest absolute Gasteiger partial charge is 0.0863 e. The minimum absolute atomic E-state index is 0.114. The van der Waals surface area contributed by atoms with Crippen LogP contribution in [0.4, 0.5) is 0 Å². The van der Waals surface area contributed by atoms with E-state index in [9.17, 15) is 0 Å². The van der Waals surface area contributed by atoms with Gasteiger partial charge < -0.3 is 14.8 Å². The van der Waals surface area contributed by atoms with E-state index in [1.807, 2.05) is 0 Å². The lowest BCUT2D eigenvalue weighted by Crippen LogP contribution is -2.65. The molecule has 0 aromatic heterocycles. The van der Waals surface area contributed by atoms with Gasteiger partial charge in [0, 0.05) is 33.0 Å². The van der Waals surface area contributed by atoms with Crippen LogP contribution in [0.1, 0.15) is 38.5 Å². The van der Waals surface area contributed by atoms with Crippen molar-refractivity contribution in [2.45, 2.75) is 55.8 Å². The Kier molecular flexibility index (Phi) is 2.31. The van der Waals surface area contributed by atoms with Gasteiger partial charge in [0.1, 0.15) is 0 Å². The van der Waals surface area contributed by atoms with E-state index in [1.165, 1.54) is 25.7 Å². The largest absolute Gasteiger partial charge is 0.381 e. The Labute approximate surface area is 91.5 Å². The quantitative estimate of drug-likeness (QED) is 0.712. The molecule has 0 aromatic carbocycles. The maximum absolute atomic E-state index is 6.45. The normalized spacial score (nSPS) is 43.4. The first-order chi connectivity index (χ1) is 7.26. The van der Waals surface area contributed by atoms with Gasteiger partial charge in [-0.1, -0.05) is 12.8 Å². The maximum Gasteiger partial charge on any atom is 0.0863 e. The Balaban J connectivity index is 1.67. The highest BCUT2D eigenvalue weighted by Gasteiger charge is 2.53. The predicted molar refractivity (Wildman–Crippen MR) is 57.9 cm³/mol. The van der Waals surface area contributed by atoms with Gasteiger partial charge in [-0.25, -0.2) is 0 Å². The molecule has 2 saturated carbocycles. The zero-order valence-electron chi connectivity index (χ0n) is 9.55. The molecular formula is C12H21NO2. The third kappa shape index (κ3) is 1.61. The van der Waals surface area contributed by atoms with E-state index in [4.69, 9.17) is 9.47 Å². The molecule has 2 spiro atoms. The van der Waals surface area contributed by atoms with Crippen LogP contribution >= 0.6 is 0 Å². The molecule has 0 unspecified atom stereocenters. The molecule has 0 aromatic rings. The van der Waals surface area contributed by atoms with E-state index in [0.29, 0.717) is 6.10 Å². The van der Waals surface area contributed by atoms with Gasteiger partial charge in [-0.15, -0.1) is 0 Å². The SMILES string of the molecule is COC1CC2(CNCC3(CCCC3)O2)C1. The van der Waals surface area contributed by atoms with Crippen molar-refractivity contribution in [2.24, 2.45) is 0 Å². The van der Waals surface area contributed by atoms with Crippen LogP contribution in [0, 0.1) is 0 Å². The molecule has 1 N–H and O–H groups in total. The van der Waals surface area contributed by atoms with Gasteiger partial charge in [0.15, 0.2) is 0 Å². The molecule has 86 valence electrons. The Morgan fingerprint density at radius 3 is 2.47 bits per heavy atom. The first kappa shape index (κ1) is 10.1. The second-order valence-corrected chi connectivity index (χ2v) is 5.54. The second kappa shape index (κ2) is 3.44. The lowest BCUT2D eigenvalue weighted by molar-refractivity contribution is -0.239. The molecule has 0 amide bonds. The number of nitrogens with one attached hydrogen (secondary N) is 1.